The van der Waals surface area contributed by atoms with Gasteiger partial charge in [0, 0.05) is 18.2 Å². The number of amides is 1. The molecule has 2 aromatic carbocycles. The lowest BCUT2D eigenvalue weighted by atomic mass is 10.1. The monoisotopic (exact) mass is 398 g/mol. The summed E-state index contributed by atoms with van der Waals surface area (Å²) in [6.45, 7) is 6.64. The highest BCUT2D eigenvalue weighted by Crippen LogP contribution is 2.29. The molecule has 0 aromatic heterocycles. The van der Waals surface area contributed by atoms with E-state index in [2.05, 4.69) is 19.2 Å². The van der Waals surface area contributed by atoms with E-state index in [0.717, 1.165) is 17.5 Å². The maximum atomic E-state index is 12.2. The number of aryl methyl sites for hydroxylation is 1. The molecule has 1 N–H and O–H groups in total. The number of nitrogens with one attached hydrogen (secondary N) is 1. The minimum Gasteiger partial charge on any atom is -0.493 e. The van der Waals surface area contributed by atoms with Gasteiger partial charge >= 0.3 is 0 Å². The SMILES string of the molecule is COc1cc(C=CC(=O)Nc2cc([N+](=O)[O-])ccc2C)ccc1OCCC(C)C. The van der Waals surface area contributed by atoms with Crippen molar-refractivity contribution in [3.8, 4) is 11.5 Å². The van der Waals surface area contributed by atoms with Gasteiger partial charge in [-0.1, -0.05) is 26.0 Å². The van der Waals surface area contributed by atoms with Crippen molar-refractivity contribution < 1.29 is 19.2 Å². The first-order chi connectivity index (χ1) is 13.8. The van der Waals surface area contributed by atoms with E-state index in [-0.39, 0.29) is 11.6 Å². The summed E-state index contributed by atoms with van der Waals surface area (Å²) in [4.78, 5) is 22.6. The molecule has 0 radical (unpaired) electrons. The second-order valence-corrected chi connectivity index (χ2v) is 7.02. The van der Waals surface area contributed by atoms with Gasteiger partial charge in [0.15, 0.2) is 11.5 Å². The van der Waals surface area contributed by atoms with Crippen LogP contribution in [-0.4, -0.2) is 24.5 Å². The number of hydrogen-bond acceptors (Lipinski definition) is 5. The van der Waals surface area contributed by atoms with Gasteiger partial charge in [-0.3, -0.25) is 14.9 Å². The Balaban J connectivity index is 2.06. The number of carbonyl (C=O) groups is 1. The highest BCUT2D eigenvalue weighted by molar-refractivity contribution is 6.02. The van der Waals surface area contributed by atoms with Crippen molar-refractivity contribution in [2.24, 2.45) is 5.92 Å². The van der Waals surface area contributed by atoms with E-state index in [4.69, 9.17) is 9.47 Å². The van der Waals surface area contributed by atoms with Crippen LogP contribution in [0.3, 0.4) is 0 Å². The predicted molar refractivity (Wildman–Crippen MR) is 113 cm³/mol. The van der Waals surface area contributed by atoms with E-state index in [0.29, 0.717) is 29.7 Å². The molecule has 0 aliphatic heterocycles. The number of anilines is 1. The number of carbonyl (C=O) groups excluding carboxylic acids is 1. The predicted octanol–water partition coefficient (Wildman–Crippen LogP) is 4.99. The van der Waals surface area contributed by atoms with E-state index in [1.807, 2.05) is 6.07 Å². The fraction of sp³-hybridized carbons (Fsp3) is 0.318. The van der Waals surface area contributed by atoms with Crippen LogP contribution in [-0.2, 0) is 4.79 Å². The summed E-state index contributed by atoms with van der Waals surface area (Å²) in [5.74, 6) is 1.41. The third-order valence-corrected chi connectivity index (χ3v) is 4.26. The summed E-state index contributed by atoms with van der Waals surface area (Å²) >= 11 is 0. The van der Waals surface area contributed by atoms with E-state index in [1.54, 1.807) is 38.3 Å². The van der Waals surface area contributed by atoms with Crippen LogP contribution in [0.5, 0.6) is 11.5 Å². The average Bonchev–Trinajstić information content (AvgIpc) is 2.68. The molecule has 0 aliphatic carbocycles. The zero-order valence-corrected chi connectivity index (χ0v) is 17.1. The molecule has 29 heavy (non-hydrogen) atoms. The standard InChI is InChI=1S/C22H26N2O5/c1-15(2)11-12-29-20-9-6-17(13-21(20)28-4)7-10-22(25)23-19-14-18(24(26)27)8-5-16(19)3/h5-10,13-15H,11-12H2,1-4H3,(H,23,25). The zero-order valence-electron chi connectivity index (χ0n) is 17.1. The number of hydrogen-bond donors (Lipinski definition) is 1. The van der Waals surface area contributed by atoms with Crippen LogP contribution in [0.1, 0.15) is 31.4 Å². The van der Waals surface area contributed by atoms with Crippen LogP contribution in [0.25, 0.3) is 6.08 Å². The van der Waals surface area contributed by atoms with Gasteiger partial charge in [-0.15, -0.1) is 0 Å². The number of ether oxygens (including phenoxy) is 2. The van der Waals surface area contributed by atoms with Crippen molar-refractivity contribution >= 4 is 23.4 Å². The van der Waals surface area contributed by atoms with Crippen LogP contribution in [0, 0.1) is 23.0 Å². The Hall–Kier alpha value is -3.35. The van der Waals surface area contributed by atoms with Crippen LogP contribution in [0.4, 0.5) is 11.4 Å². The van der Waals surface area contributed by atoms with Gasteiger partial charge in [0.2, 0.25) is 5.91 Å². The van der Waals surface area contributed by atoms with Crippen molar-refractivity contribution in [1.82, 2.24) is 0 Å². The summed E-state index contributed by atoms with van der Waals surface area (Å²) in [7, 11) is 1.57. The summed E-state index contributed by atoms with van der Waals surface area (Å²) in [5.41, 5.74) is 1.83. The topological polar surface area (TPSA) is 90.7 Å². The lowest BCUT2D eigenvalue weighted by molar-refractivity contribution is -0.384. The molecule has 2 rings (SSSR count). The van der Waals surface area contributed by atoms with Gasteiger partial charge in [0.1, 0.15) is 0 Å². The summed E-state index contributed by atoms with van der Waals surface area (Å²) < 4.78 is 11.1. The van der Waals surface area contributed by atoms with E-state index >= 15 is 0 Å². The largest absolute Gasteiger partial charge is 0.493 e. The number of benzene rings is 2. The van der Waals surface area contributed by atoms with E-state index in [1.165, 1.54) is 18.2 Å². The molecule has 0 fully saturated rings. The molecule has 2 aromatic rings. The Morgan fingerprint density at radius 2 is 1.97 bits per heavy atom. The van der Waals surface area contributed by atoms with Crippen molar-refractivity contribution in [2.75, 3.05) is 19.0 Å². The van der Waals surface area contributed by atoms with Gasteiger partial charge in [-0.2, -0.15) is 0 Å². The van der Waals surface area contributed by atoms with Gasteiger partial charge < -0.3 is 14.8 Å². The molecule has 0 unspecified atom stereocenters. The van der Waals surface area contributed by atoms with Crippen LogP contribution in [0.15, 0.2) is 42.5 Å². The molecule has 0 spiro atoms. The fourth-order valence-corrected chi connectivity index (χ4v) is 2.52. The van der Waals surface area contributed by atoms with Crippen LogP contribution in [0.2, 0.25) is 0 Å². The number of nitrogens with zero attached hydrogens (tertiary/aromatic N) is 1. The molecule has 7 nitrogen and oxygen atoms in total. The molecular formula is C22H26N2O5. The minimum atomic E-state index is -0.498. The highest BCUT2D eigenvalue weighted by atomic mass is 16.6. The van der Waals surface area contributed by atoms with Crippen LogP contribution >= 0.6 is 0 Å². The first-order valence-electron chi connectivity index (χ1n) is 9.35. The smallest absolute Gasteiger partial charge is 0.271 e. The second kappa shape index (κ2) is 10.3. The lowest BCUT2D eigenvalue weighted by Crippen LogP contribution is -2.09. The molecule has 0 saturated heterocycles. The minimum absolute atomic E-state index is 0.0762. The van der Waals surface area contributed by atoms with E-state index < -0.39 is 4.92 Å². The summed E-state index contributed by atoms with van der Waals surface area (Å²) in [6.07, 6.45) is 3.96. The molecule has 154 valence electrons. The lowest BCUT2D eigenvalue weighted by Gasteiger charge is -2.12. The normalized spacial score (nSPS) is 10.9. The third-order valence-electron chi connectivity index (χ3n) is 4.26. The van der Waals surface area contributed by atoms with Gasteiger partial charge in [-0.25, -0.2) is 0 Å². The first-order valence-corrected chi connectivity index (χ1v) is 9.35. The number of nitro benzene ring substituents is 1. The van der Waals surface area contributed by atoms with Gasteiger partial charge in [-0.05, 0) is 48.6 Å². The Labute approximate surface area is 170 Å². The summed E-state index contributed by atoms with van der Waals surface area (Å²) in [6, 6.07) is 9.76. The molecule has 0 atom stereocenters. The molecule has 0 bridgehead atoms. The number of non-ortho nitro benzene ring substituents is 1. The van der Waals surface area contributed by atoms with Crippen molar-refractivity contribution in [2.45, 2.75) is 27.2 Å². The first kappa shape index (κ1) is 21.9. The van der Waals surface area contributed by atoms with Crippen molar-refractivity contribution in [3.63, 3.8) is 0 Å². The quantitative estimate of drug-likeness (QED) is 0.365. The molecule has 0 heterocycles. The number of methoxy groups -OCH3 is 1. The molecular weight excluding hydrogens is 372 g/mol. The molecule has 0 aliphatic rings. The Morgan fingerprint density at radius 3 is 2.62 bits per heavy atom. The van der Waals surface area contributed by atoms with Gasteiger partial charge in [0.05, 0.1) is 24.3 Å². The summed E-state index contributed by atoms with van der Waals surface area (Å²) in [5, 5.41) is 13.6. The number of rotatable bonds is 9. The average molecular weight is 398 g/mol. The second-order valence-electron chi connectivity index (χ2n) is 7.02. The fourth-order valence-electron chi connectivity index (χ4n) is 2.52. The highest BCUT2D eigenvalue weighted by Gasteiger charge is 2.10. The Bertz CT molecular complexity index is 906. The third kappa shape index (κ3) is 6.64. The Kier molecular flexibility index (Phi) is 7.77. The molecule has 1 amide bonds. The van der Waals surface area contributed by atoms with E-state index in [9.17, 15) is 14.9 Å². The maximum absolute atomic E-state index is 12.2. The van der Waals surface area contributed by atoms with Crippen molar-refractivity contribution in [3.05, 3.63) is 63.7 Å². The maximum Gasteiger partial charge on any atom is 0.271 e. The zero-order chi connectivity index (χ0) is 21.4. The Morgan fingerprint density at radius 1 is 1.21 bits per heavy atom. The van der Waals surface area contributed by atoms with Gasteiger partial charge in [0.25, 0.3) is 5.69 Å². The van der Waals surface area contributed by atoms with Crippen LogP contribution < -0.4 is 14.8 Å². The van der Waals surface area contributed by atoms with Crippen molar-refractivity contribution in [1.29, 1.82) is 0 Å². The molecule has 7 heteroatoms. The molecule has 0 saturated carbocycles. The number of nitro groups is 1.